The zero-order chi connectivity index (χ0) is 26.8. The fraction of sp³-hybridized carbons (Fsp3) is 0.226. The van der Waals surface area contributed by atoms with Crippen molar-refractivity contribution < 1.29 is 19.1 Å². The van der Waals surface area contributed by atoms with Crippen molar-refractivity contribution in [1.82, 2.24) is 20.2 Å². The molecule has 4 aromatic rings. The number of hydrogen-bond acceptors (Lipinski definition) is 6. The van der Waals surface area contributed by atoms with Gasteiger partial charge in [-0.05, 0) is 78.9 Å². The molecule has 2 amide bonds. The number of aryl methyl sites for hydroxylation is 1. The van der Waals surface area contributed by atoms with Gasteiger partial charge in [-0.25, -0.2) is 4.98 Å². The van der Waals surface area contributed by atoms with Gasteiger partial charge in [0.25, 0.3) is 11.8 Å². The lowest BCUT2D eigenvalue weighted by Crippen LogP contribution is -2.41. The van der Waals surface area contributed by atoms with E-state index in [0.29, 0.717) is 61.0 Å². The number of pyridine rings is 2. The molecule has 2 aromatic heterocycles. The van der Waals surface area contributed by atoms with Crippen LogP contribution in [0.5, 0.6) is 17.2 Å². The molecule has 3 aliphatic heterocycles. The van der Waals surface area contributed by atoms with Crippen molar-refractivity contribution in [1.29, 1.82) is 0 Å². The Morgan fingerprint density at radius 2 is 1.90 bits per heavy atom. The predicted octanol–water partition coefficient (Wildman–Crippen LogP) is 4.88. The fourth-order valence-corrected chi connectivity index (χ4v) is 5.13. The largest absolute Gasteiger partial charge is 0.494 e. The summed E-state index contributed by atoms with van der Waals surface area (Å²) >= 11 is 0. The summed E-state index contributed by atoms with van der Waals surface area (Å²) in [5.74, 6) is 1.52. The van der Waals surface area contributed by atoms with E-state index in [1.165, 1.54) is 6.20 Å². The van der Waals surface area contributed by atoms with Gasteiger partial charge in [-0.2, -0.15) is 0 Å². The SMILES string of the molecule is Cc1cccc(C(=O)N2CCc3cc4ccc3C2c2cccc(c2)OCCCNC(=O)c2cncc(c2)O4)n1. The van der Waals surface area contributed by atoms with Crippen LogP contribution in [0.4, 0.5) is 0 Å². The van der Waals surface area contributed by atoms with E-state index in [1.807, 2.05) is 66.4 Å². The summed E-state index contributed by atoms with van der Waals surface area (Å²) in [6.45, 7) is 3.31. The minimum atomic E-state index is -0.315. The van der Waals surface area contributed by atoms with E-state index in [2.05, 4.69) is 15.3 Å². The topological polar surface area (TPSA) is 93.7 Å². The Kier molecular flexibility index (Phi) is 6.67. The Bertz CT molecular complexity index is 1550. The standard InChI is InChI=1S/C31H28N4O4/c1-20-5-2-8-28(34-20)31(37)35-13-11-21-15-25-9-10-27(21)29(35)22-6-3-7-24(16-22)38-14-4-12-33-30(36)23-17-26(39-25)19-32-18-23/h2-3,5-10,15-19,29H,4,11-14H2,1H3,(H,33,36). The molecular weight excluding hydrogens is 492 g/mol. The first-order valence-electron chi connectivity index (χ1n) is 13.1. The Hall–Kier alpha value is -4.72. The molecule has 8 nitrogen and oxygen atoms in total. The average Bonchev–Trinajstić information content (AvgIpc) is 2.95. The lowest BCUT2D eigenvalue weighted by Gasteiger charge is -2.38. The van der Waals surface area contributed by atoms with Crippen LogP contribution in [0, 0.1) is 6.92 Å². The van der Waals surface area contributed by atoms with E-state index in [1.54, 1.807) is 18.3 Å². The van der Waals surface area contributed by atoms with Crippen LogP contribution in [0.2, 0.25) is 0 Å². The van der Waals surface area contributed by atoms with Gasteiger partial charge in [-0.15, -0.1) is 0 Å². The van der Waals surface area contributed by atoms with Crippen LogP contribution >= 0.6 is 0 Å². The van der Waals surface area contributed by atoms with E-state index < -0.39 is 0 Å². The number of fused-ring (bicyclic) bond motifs is 6. The molecule has 0 saturated heterocycles. The minimum absolute atomic E-state index is 0.109. The zero-order valence-electron chi connectivity index (χ0n) is 21.6. The summed E-state index contributed by atoms with van der Waals surface area (Å²) < 4.78 is 12.2. The molecule has 3 aliphatic rings. The van der Waals surface area contributed by atoms with Crippen molar-refractivity contribution in [2.24, 2.45) is 0 Å². The van der Waals surface area contributed by atoms with Crippen molar-refractivity contribution in [3.63, 3.8) is 0 Å². The van der Waals surface area contributed by atoms with E-state index in [-0.39, 0.29) is 17.9 Å². The van der Waals surface area contributed by atoms with Crippen LogP contribution in [0.25, 0.3) is 0 Å². The lowest BCUT2D eigenvalue weighted by atomic mass is 9.87. The second kappa shape index (κ2) is 10.6. The maximum absolute atomic E-state index is 13.8. The molecule has 1 N–H and O–H groups in total. The summed E-state index contributed by atoms with van der Waals surface area (Å²) in [6.07, 6.45) is 4.41. The number of carbonyl (C=O) groups is 2. The molecule has 2 aromatic carbocycles. The first-order chi connectivity index (χ1) is 19.0. The number of nitrogens with zero attached hydrogens (tertiary/aromatic N) is 3. The van der Waals surface area contributed by atoms with Crippen molar-refractivity contribution >= 4 is 11.8 Å². The van der Waals surface area contributed by atoms with E-state index in [4.69, 9.17) is 9.47 Å². The minimum Gasteiger partial charge on any atom is -0.494 e. The predicted molar refractivity (Wildman–Crippen MR) is 145 cm³/mol. The first-order valence-corrected chi connectivity index (χ1v) is 13.1. The Morgan fingerprint density at radius 1 is 1.00 bits per heavy atom. The fourth-order valence-electron chi connectivity index (χ4n) is 5.13. The molecular formula is C31H28N4O4. The van der Waals surface area contributed by atoms with Gasteiger partial charge < -0.3 is 19.7 Å². The van der Waals surface area contributed by atoms with Crippen molar-refractivity contribution in [2.45, 2.75) is 25.8 Å². The van der Waals surface area contributed by atoms with Crippen LogP contribution in [0.15, 0.2) is 79.1 Å². The maximum atomic E-state index is 13.8. The highest BCUT2D eigenvalue weighted by molar-refractivity contribution is 5.94. The van der Waals surface area contributed by atoms with E-state index in [0.717, 1.165) is 22.4 Å². The van der Waals surface area contributed by atoms with Gasteiger partial charge in [0.05, 0.1) is 24.4 Å². The number of ether oxygens (including phenoxy) is 2. The van der Waals surface area contributed by atoms with Gasteiger partial charge in [-0.1, -0.05) is 24.3 Å². The van der Waals surface area contributed by atoms with Gasteiger partial charge in [0, 0.05) is 25.0 Å². The van der Waals surface area contributed by atoms with Crippen molar-refractivity contribution in [3.05, 3.63) is 113 Å². The Morgan fingerprint density at radius 3 is 2.79 bits per heavy atom. The Labute approximate surface area is 226 Å². The maximum Gasteiger partial charge on any atom is 0.273 e. The van der Waals surface area contributed by atoms with E-state index >= 15 is 0 Å². The van der Waals surface area contributed by atoms with Crippen LogP contribution in [0.3, 0.4) is 0 Å². The van der Waals surface area contributed by atoms with Crippen LogP contribution in [0.1, 0.15) is 55.7 Å². The van der Waals surface area contributed by atoms with Gasteiger partial charge in [0.15, 0.2) is 0 Å². The molecule has 0 fully saturated rings. The number of nitrogens with one attached hydrogen (secondary N) is 1. The molecule has 0 spiro atoms. The summed E-state index contributed by atoms with van der Waals surface area (Å²) in [5.41, 5.74) is 4.73. The molecule has 8 heteroatoms. The number of rotatable bonds is 1. The molecule has 7 rings (SSSR count). The van der Waals surface area contributed by atoms with E-state index in [9.17, 15) is 9.59 Å². The molecule has 0 radical (unpaired) electrons. The number of hydrogen-bond donors (Lipinski definition) is 1. The third-order valence-electron chi connectivity index (χ3n) is 6.97. The molecule has 1 unspecified atom stereocenters. The monoisotopic (exact) mass is 520 g/mol. The molecule has 39 heavy (non-hydrogen) atoms. The lowest BCUT2D eigenvalue weighted by molar-refractivity contribution is 0.0687. The van der Waals surface area contributed by atoms with Crippen LogP contribution in [-0.2, 0) is 6.42 Å². The average molecular weight is 521 g/mol. The molecule has 5 heterocycles. The van der Waals surface area contributed by atoms with Gasteiger partial charge in [0.2, 0.25) is 0 Å². The van der Waals surface area contributed by atoms with Gasteiger partial charge in [-0.3, -0.25) is 14.6 Å². The molecule has 1 atom stereocenters. The normalized spacial score (nSPS) is 16.8. The van der Waals surface area contributed by atoms with Gasteiger partial charge in [0.1, 0.15) is 22.9 Å². The van der Waals surface area contributed by atoms with Gasteiger partial charge >= 0.3 is 0 Å². The van der Waals surface area contributed by atoms with Crippen molar-refractivity contribution in [3.8, 4) is 17.2 Å². The number of amides is 2. The van der Waals surface area contributed by atoms with Crippen molar-refractivity contribution in [2.75, 3.05) is 19.7 Å². The second-order valence-electron chi connectivity index (χ2n) is 9.72. The first kappa shape index (κ1) is 24.6. The highest BCUT2D eigenvalue weighted by Gasteiger charge is 2.33. The summed E-state index contributed by atoms with van der Waals surface area (Å²) in [6, 6.07) is 20.7. The molecule has 196 valence electrons. The van der Waals surface area contributed by atoms with Crippen LogP contribution < -0.4 is 14.8 Å². The van der Waals surface area contributed by atoms with Crippen LogP contribution in [-0.4, -0.2) is 46.4 Å². The highest BCUT2D eigenvalue weighted by Crippen LogP contribution is 2.39. The number of benzene rings is 2. The summed E-state index contributed by atoms with van der Waals surface area (Å²) in [5, 5.41) is 2.90. The zero-order valence-corrected chi connectivity index (χ0v) is 21.6. The Balaban J connectivity index is 1.43. The quantitative estimate of drug-likeness (QED) is 0.385. The third kappa shape index (κ3) is 5.18. The molecule has 0 aliphatic carbocycles. The number of carbonyl (C=O) groups excluding carboxylic acids is 2. The number of aromatic nitrogens is 2. The second-order valence-corrected chi connectivity index (χ2v) is 9.72. The summed E-state index contributed by atoms with van der Waals surface area (Å²) in [7, 11) is 0. The third-order valence-corrected chi connectivity index (χ3v) is 6.97. The molecule has 8 bridgehead atoms. The highest BCUT2D eigenvalue weighted by atomic mass is 16.5. The smallest absolute Gasteiger partial charge is 0.273 e. The summed E-state index contributed by atoms with van der Waals surface area (Å²) in [4.78, 5) is 37.0. The molecule has 0 saturated carbocycles.